The summed E-state index contributed by atoms with van der Waals surface area (Å²) in [6.45, 7) is 10.3. The van der Waals surface area contributed by atoms with Crippen LogP contribution in [0.1, 0.15) is 55.1 Å². The first kappa shape index (κ1) is 18.7. The predicted molar refractivity (Wildman–Crippen MR) is 108 cm³/mol. The molecule has 0 atom stereocenters. The number of carbonyl (C=O) groups is 1. The first-order valence-electron chi connectivity index (χ1n) is 10.1. The Bertz CT molecular complexity index is 1010. The summed E-state index contributed by atoms with van der Waals surface area (Å²) < 4.78 is 3.68. The van der Waals surface area contributed by atoms with Gasteiger partial charge in [0.1, 0.15) is 6.54 Å². The van der Waals surface area contributed by atoms with Gasteiger partial charge < -0.3 is 4.90 Å². The maximum absolute atomic E-state index is 13.0. The molecule has 0 saturated heterocycles. The van der Waals surface area contributed by atoms with Gasteiger partial charge in [0.2, 0.25) is 5.91 Å². The molecule has 3 aromatic heterocycles. The molecule has 1 saturated carbocycles. The molecule has 0 bridgehead atoms. The highest BCUT2D eigenvalue weighted by atomic mass is 16.2. The minimum absolute atomic E-state index is 0.0502. The van der Waals surface area contributed by atoms with Gasteiger partial charge in [-0.1, -0.05) is 0 Å². The number of hydrogen-bond acceptors (Lipinski definition) is 4. The molecular weight excluding hydrogens is 352 g/mol. The van der Waals surface area contributed by atoms with Crippen LogP contribution in [0.25, 0.3) is 11.0 Å². The average Bonchev–Trinajstić information content (AvgIpc) is 3.41. The summed E-state index contributed by atoms with van der Waals surface area (Å²) in [4.78, 5) is 19.4. The Kier molecular flexibility index (Phi) is 4.91. The number of nitrogens with zero attached hydrogens (tertiary/aromatic N) is 6. The fraction of sp³-hybridized carbons (Fsp3) is 0.524. The summed E-state index contributed by atoms with van der Waals surface area (Å²) in [6, 6.07) is 2.10. The van der Waals surface area contributed by atoms with Gasteiger partial charge in [-0.2, -0.15) is 10.2 Å². The predicted octanol–water partition coefficient (Wildman–Crippen LogP) is 3.19. The number of aromatic nitrogens is 5. The molecule has 3 heterocycles. The van der Waals surface area contributed by atoms with E-state index in [1.807, 2.05) is 42.7 Å². The quantitative estimate of drug-likeness (QED) is 0.631. The summed E-state index contributed by atoms with van der Waals surface area (Å²) in [5.41, 5.74) is 5.18. The summed E-state index contributed by atoms with van der Waals surface area (Å²) in [5.74, 6) is 0.678. The van der Waals surface area contributed by atoms with E-state index in [2.05, 4.69) is 28.2 Å². The number of carbonyl (C=O) groups excluding carboxylic acids is 1. The lowest BCUT2D eigenvalue weighted by atomic mass is 10.1. The fourth-order valence-corrected chi connectivity index (χ4v) is 3.84. The van der Waals surface area contributed by atoms with Gasteiger partial charge >= 0.3 is 0 Å². The highest BCUT2D eigenvalue weighted by Crippen LogP contribution is 2.43. The molecular formula is C21H28N6O. The third-order valence-corrected chi connectivity index (χ3v) is 5.61. The smallest absolute Gasteiger partial charge is 0.244 e. The number of fused-ring (bicyclic) bond motifs is 1. The van der Waals surface area contributed by atoms with E-state index in [4.69, 9.17) is 0 Å². The molecule has 148 valence electrons. The molecule has 7 heteroatoms. The number of hydrogen-bond donors (Lipinski definition) is 0. The Labute approximate surface area is 165 Å². The third kappa shape index (κ3) is 3.41. The monoisotopic (exact) mass is 380 g/mol. The molecule has 1 aliphatic rings. The van der Waals surface area contributed by atoms with Crippen LogP contribution in [0.3, 0.4) is 0 Å². The van der Waals surface area contributed by atoms with Crippen molar-refractivity contribution >= 4 is 16.9 Å². The van der Waals surface area contributed by atoms with Crippen LogP contribution in [0.15, 0.2) is 18.5 Å². The Balaban J connectivity index is 1.56. The fourth-order valence-electron chi connectivity index (χ4n) is 3.84. The van der Waals surface area contributed by atoms with Crippen molar-refractivity contribution in [2.75, 3.05) is 6.54 Å². The zero-order valence-electron chi connectivity index (χ0n) is 17.1. The molecule has 0 spiro atoms. The third-order valence-electron chi connectivity index (χ3n) is 5.61. The van der Waals surface area contributed by atoms with Crippen LogP contribution in [0.4, 0.5) is 0 Å². The van der Waals surface area contributed by atoms with Crippen molar-refractivity contribution in [2.45, 2.75) is 66.1 Å². The summed E-state index contributed by atoms with van der Waals surface area (Å²) in [7, 11) is 0. The molecule has 0 radical (unpaired) electrons. The van der Waals surface area contributed by atoms with Crippen LogP contribution in [-0.2, 0) is 24.4 Å². The van der Waals surface area contributed by atoms with Crippen LogP contribution in [0.2, 0.25) is 0 Å². The SMILES string of the molecule is CCN(Cc1cn(CC)nc1C)C(=O)Cn1nc(C)c2c(C3CC3)ccnc21. The van der Waals surface area contributed by atoms with E-state index in [1.165, 1.54) is 18.4 Å². The van der Waals surface area contributed by atoms with E-state index in [-0.39, 0.29) is 12.5 Å². The Morgan fingerprint density at radius 1 is 1.21 bits per heavy atom. The molecule has 0 aliphatic heterocycles. The van der Waals surface area contributed by atoms with E-state index < -0.39 is 0 Å². The van der Waals surface area contributed by atoms with Crippen molar-refractivity contribution in [2.24, 2.45) is 0 Å². The molecule has 0 aromatic carbocycles. The van der Waals surface area contributed by atoms with Gasteiger partial charge in [-0.15, -0.1) is 0 Å². The second kappa shape index (κ2) is 7.37. The van der Waals surface area contributed by atoms with Crippen LogP contribution in [0, 0.1) is 13.8 Å². The average molecular weight is 380 g/mol. The van der Waals surface area contributed by atoms with Gasteiger partial charge in [-0.25, -0.2) is 9.67 Å². The van der Waals surface area contributed by atoms with Crippen molar-refractivity contribution in [3.8, 4) is 0 Å². The van der Waals surface area contributed by atoms with Crippen molar-refractivity contribution in [3.05, 3.63) is 41.0 Å². The molecule has 1 fully saturated rings. The van der Waals surface area contributed by atoms with Crippen molar-refractivity contribution in [1.29, 1.82) is 0 Å². The molecule has 4 rings (SSSR count). The maximum Gasteiger partial charge on any atom is 0.244 e. The Hall–Kier alpha value is -2.70. The van der Waals surface area contributed by atoms with Crippen molar-refractivity contribution in [1.82, 2.24) is 29.4 Å². The number of amides is 1. The van der Waals surface area contributed by atoms with Gasteiger partial charge in [-0.3, -0.25) is 9.48 Å². The Morgan fingerprint density at radius 3 is 2.64 bits per heavy atom. The molecule has 1 aliphatic carbocycles. The van der Waals surface area contributed by atoms with Crippen LogP contribution in [-0.4, -0.2) is 41.9 Å². The highest BCUT2D eigenvalue weighted by Gasteiger charge is 2.28. The zero-order valence-corrected chi connectivity index (χ0v) is 17.1. The highest BCUT2D eigenvalue weighted by molar-refractivity contribution is 5.85. The summed E-state index contributed by atoms with van der Waals surface area (Å²) in [5, 5.41) is 10.3. The van der Waals surface area contributed by atoms with E-state index in [9.17, 15) is 4.79 Å². The van der Waals surface area contributed by atoms with Gasteiger partial charge in [0.15, 0.2) is 5.65 Å². The van der Waals surface area contributed by atoms with E-state index in [0.29, 0.717) is 19.0 Å². The largest absolute Gasteiger partial charge is 0.337 e. The first-order chi connectivity index (χ1) is 13.5. The van der Waals surface area contributed by atoms with Crippen LogP contribution >= 0.6 is 0 Å². The van der Waals surface area contributed by atoms with E-state index in [0.717, 1.165) is 34.5 Å². The van der Waals surface area contributed by atoms with Crippen molar-refractivity contribution in [3.63, 3.8) is 0 Å². The number of pyridine rings is 1. The standard InChI is InChI=1S/C21H28N6O/c1-5-25(11-17-12-26(6-2)23-14(17)3)19(28)13-27-21-20(15(4)24-27)18(9-10-22-21)16-7-8-16/h9-10,12,16H,5-8,11,13H2,1-4H3. The minimum atomic E-state index is 0.0502. The van der Waals surface area contributed by atoms with E-state index >= 15 is 0 Å². The molecule has 0 unspecified atom stereocenters. The topological polar surface area (TPSA) is 68.8 Å². The lowest BCUT2D eigenvalue weighted by Gasteiger charge is -2.20. The Morgan fingerprint density at radius 2 is 2.00 bits per heavy atom. The lowest BCUT2D eigenvalue weighted by molar-refractivity contribution is -0.132. The molecule has 28 heavy (non-hydrogen) atoms. The van der Waals surface area contributed by atoms with Gasteiger partial charge in [0, 0.05) is 43.0 Å². The summed E-state index contributed by atoms with van der Waals surface area (Å²) in [6.07, 6.45) is 6.34. The van der Waals surface area contributed by atoms with Crippen LogP contribution < -0.4 is 0 Å². The summed E-state index contributed by atoms with van der Waals surface area (Å²) >= 11 is 0. The minimum Gasteiger partial charge on any atom is -0.337 e. The lowest BCUT2D eigenvalue weighted by Crippen LogP contribution is -2.33. The second-order valence-corrected chi connectivity index (χ2v) is 7.62. The van der Waals surface area contributed by atoms with E-state index in [1.54, 1.807) is 4.68 Å². The molecule has 3 aromatic rings. The normalized spacial score (nSPS) is 14.0. The molecule has 1 amide bonds. The number of likely N-dealkylation sites (N-methyl/N-ethyl adjacent to an activating group) is 1. The van der Waals surface area contributed by atoms with Crippen LogP contribution in [0.5, 0.6) is 0 Å². The second-order valence-electron chi connectivity index (χ2n) is 7.62. The van der Waals surface area contributed by atoms with Gasteiger partial charge in [-0.05, 0) is 58.1 Å². The number of aryl methyl sites for hydroxylation is 3. The zero-order chi connectivity index (χ0) is 19.8. The molecule has 7 nitrogen and oxygen atoms in total. The first-order valence-corrected chi connectivity index (χ1v) is 10.1. The van der Waals surface area contributed by atoms with Gasteiger partial charge in [0.05, 0.1) is 11.4 Å². The van der Waals surface area contributed by atoms with Crippen molar-refractivity contribution < 1.29 is 4.79 Å². The number of rotatable bonds is 7. The maximum atomic E-state index is 13.0. The molecule has 0 N–H and O–H groups in total. The van der Waals surface area contributed by atoms with Gasteiger partial charge in [0.25, 0.3) is 0 Å².